The zero-order valence-corrected chi connectivity index (χ0v) is 20.5. The molecule has 3 aromatic carbocycles. The number of ether oxygens (including phenoxy) is 3. The minimum absolute atomic E-state index is 0.0311. The summed E-state index contributed by atoms with van der Waals surface area (Å²) in [6.07, 6.45) is 0. The van der Waals surface area contributed by atoms with Gasteiger partial charge in [-0.15, -0.1) is 0 Å². The van der Waals surface area contributed by atoms with Crippen LogP contribution in [0.2, 0.25) is 0 Å². The van der Waals surface area contributed by atoms with Crippen molar-refractivity contribution in [1.82, 2.24) is 4.90 Å². The molecule has 1 atom stereocenters. The molecule has 3 heterocycles. The van der Waals surface area contributed by atoms with Crippen molar-refractivity contribution in [2.45, 2.75) is 26.4 Å². The highest BCUT2D eigenvalue weighted by Gasteiger charge is 2.43. The van der Waals surface area contributed by atoms with Crippen LogP contribution < -0.4 is 14.9 Å². The first-order valence-corrected chi connectivity index (χ1v) is 11.8. The Morgan fingerprint density at radius 3 is 2.46 bits per heavy atom. The van der Waals surface area contributed by atoms with Crippen LogP contribution >= 0.6 is 0 Å². The van der Waals surface area contributed by atoms with Crippen LogP contribution in [-0.2, 0) is 11.3 Å². The van der Waals surface area contributed by atoms with Crippen LogP contribution in [0.15, 0.2) is 63.8 Å². The summed E-state index contributed by atoms with van der Waals surface area (Å²) in [5.41, 5.74) is 4.20. The second-order valence-electron chi connectivity index (χ2n) is 9.24. The number of hydrogen-bond acceptors (Lipinski definition) is 7. The summed E-state index contributed by atoms with van der Waals surface area (Å²) in [4.78, 5) is 41.2. The van der Waals surface area contributed by atoms with Crippen molar-refractivity contribution in [3.63, 3.8) is 0 Å². The van der Waals surface area contributed by atoms with E-state index < -0.39 is 12.0 Å². The highest BCUT2D eigenvalue weighted by molar-refractivity contribution is 5.99. The third-order valence-electron chi connectivity index (χ3n) is 7.02. The topological polar surface area (TPSA) is 95.3 Å². The van der Waals surface area contributed by atoms with Gasteiger partial charge in [-0.3, -0.25) is 9.59 Å². The molecule has 0 saturated carbocycles. The van der Waals surface area contributed by atoms with Gasteiger partial charge in [0.05, 0.1) is 29.7 Å². The standard InChI is InChI=1S/C29H23NO7/c1-15-10-20-22(11-16(15)2)37-27-24(26(20)31)25(18-5-7-19(8-6-18)29(33)34-3)30(28(27)32)13-17-4-9-21-23(12-17)36-14-35-21/h4-12,25H,13-14H2,1-3H3/t25-/m1/s1. The zero-order valence-electron chi connectivity index (χ0n) is 20.5. The molecule has 0 N–H and O–H groups in total. The van der Waals surface area contributed by atoms with Gasteiger partial charge in [-0.05, 0) is 72.5 Å². The summed E-state index contributed by atoms with van der Waals surface area (Å²) in [7, 11) is 1.31. The SMILES string of the molecule is COC(=O)c1ccc([C@@H]2c3c(oc4cc(C)c(C)cc4c3=O)C(=O)N2Cc2ccc3c(c2)OCO3)cc1. The molecule has 0 radical (unpaired) electrons. The Labute approximate surface area is 212 Å². The van der Waals surface area contributed by atoms with E-state index in [4.69, 9.17) is 18.6 Å². The first-order valence-electron chi connectivity index (χ1n) is 11.8. The summed E-state index contributed by atoms with van der Waals surface area (Å²) in [6, 6.07) is 15.1. The van der Waals surface area contributed by atoms with Crippen LogP contribution in [0.25, 0.3) is 11.0 Å². The van der Waals surface area contributed by atoms with E-state index in [1.54, 1.807) is 47.4 Å². The molecule has 0 bridgehead atoms. The molecular formula is C29H23NO7. The minimum atomic E-state index is -0.707. The maximum Gasteiger partial charge on any atom is 0.337 e. The Hall–Kier alpha value is -4.59. The number of benzene rings is 3. The lowest BCUT2D eigenvalue weighted by atomic mass is 9.96. The highest BCUT2D eigenvalue weighted by Crippen LogP contribution is 2.40. The molecule has 8 heteroatoms. The van der Waals surface area contributed by atoms with Gasteiger partial charge in [0.25, 0.3) is 5.91 Å². The van der Waals surface area contributed by atoms with Gasteiger partial charge in [-0.2, -0.15) is 0 Å². The first-order chi connectivity index (χ1) is 17.9. The predicted molar refractivity (Wildman–Crippen MR) is 134 cm³/mol. The molecule has 6 rings (SSSR count). The molecule has 0 aliphatic carbocycles. The zero-order chi connectivity index (χ0) is 25.8. The Kier molecular flexibility index (Phi) is 5.26. The lowest BCUT2D eigenvalue weighted by molar-refractivity contribution is 0.0599. The van der Waals surface area contributed by atoms with Crippen molar-refractivity contribution >= 4 is 22.8 Å². The molecule has 2 aliphatic heterocycles. The van der Waals surface area contributed by atoms with Crippen LogP contribution in [0, 0.1) is 13.8 Å². The average Bonchev–Trinajstić information content (AvgIpc) is 3.48. The van der Waals surface area contributed by atoms with E-state index in [0.717, 1.165) is 16.7 Å². The van der Waals surface area contributed by atoms with Gasteiger partial charge in [0.1, 0.15) is 5.58 Å². The lowest BCUT2D eigenvalue weighted by Gasteiger charge is -2.25. The number of hydrogen-bond donors (Lipinski definition) is 0. The molecule has 0 unspecified atom stereocenters. The molecule has 186 valence electrons. The van der Waals surface area contributed by atoms with Gasteiger partial charge >= 0.3 is 5.97 Å². The number of carbonyl (C=O) groups excluding carboxylic acids is 2. The third kappa shape index (κ3) is 3.64. The average molecular weight is 498 g/mol. The molecule has 0 fully saturated rings. The molecule has 0 spiro atoms. The van der Waals surface area contributed by atoms with Gasteiger partial charge in [0, 0.05) is 6.54 Å². The molecule has 0 saturated heterocycles. The largest absolute Gasteiger partial charge is 0.465 e. The number of methoxy groups -OCH3 is 1. The summed E-state index contributed by atoms with van der Waals surface area (Å²) in [6.45, 7) is 4.21. The van der Waals surface area contributed by atoms with E-state index in [-0.39, 0.29) is 36.0 Å². The number of esters is 1. The Bertz CT molecular complexity index is 1650. The molecule has 4 aromatic rings. The quantitative estimate of drug-likeness (QED) is 0.378. The van der Waals surface area contributed by atoms with Gasteiger partial charge in [0.15, 0.2) is 16.9 Å². The maximum absolute atomic E-state index is 13.8. The first kappa shape index (κ1) is 22.8. The fourth-order valence-corrected chi connectivity index (χ4v) is 4.94. The smallest absolute Gasteiger partial charge is 0.337 e. The Morgan fingerprint density at radius 2 is 1.70 bits per heavy atom. The molecule has 37 heavy (non-hydrogen) atoms. The van der Waals surface area contributed by atoms with Crippen molar-refractivity contribution in [2.24, 2.45) is 0 Å². The van der Waals surface area contributed by atoms with Crippen LogP contribution in [0.3, 0.4) is 0 Å². The van der Waals surface area contributed by atoms with Crippen molar-refractivity contribution in [2.75, 3.05) is 13.9 Å². The summed E-state index contributed by atoms with van der Waals surface area (Å²) >= 11 is 0. The second kappa shape index (κ2) is 8.51. The molecular weight excluding hydrogens is 474 g/mol. The summed E-state index contributed by atoms with van der Waals surface area (Å²) < 4.78 is 21.8. The fourth-order valence-electron chi connectivity index (χ4n) is 4.94. The molecule has 1 aromatic heterocycles. The fraction of sp³-hybridized carbons (Fsp3) is 0.207. The highest BCUT2D eigenvalue weighted by atomic mass is 16.7. The number of carbonyl (C=O) groups is 2. The van der Waals surface area contributed by atoms with Crippen molar-refractivity contribution < 1.29 is 28.2 Å². The third-order valence-corrected chi connectivity index (χ3v) is 7.02. The van der Waals surface area contributed by atoms with Crippen molar-refractivity contribution in [1.29, 1.82) is 0 Å². The van der Waals surface area contributed by atoms with Crippen LogP contribution in [-0.4, -0.2) is 30.7 Å². The van der Waals surface area contributed by atoms with Crippen LogP contribution in [0.5, 0.6) is 11.5 Å². The van der Waals surface area contributed by atoms with E-state index in [2.05, 4.69) is 0 Å². The second-order valence-corrected chi connectivity index (χ2v) is 9.24. The van der Waals surface area contributed by atoms with Gasteiger partial charge in [-0.1, -0.05) is 18.2 Å². The van der Waals surface area contributed by atoms with Gasteiger partial charge in [0.2, 0.25) is 12.6 Å². The van der Waals surface area contributed by atoms with Crippen LogP contribution in [0.4, 0.5) is 0 Å². The van der Waals surface area contributed by atoms with Crippen molar-refractivity contribution in [3.05, 3.63) is 104 Å². The van der Waals surface area contributed by atoms with Gasteiger partial charge < -0.3 is 23.5 Å². The molecule has 1 amide bonds. The summed E-state index contributed by atoms with van der Waals surface area (Å²) in [5, 5.41) is 0.427. The van der Waals surface area contributed by atoms with E-state index in [9.17, 15) is 14.4 Å². The molecule has 2 aliphatic rings. The minimum Gasteiger partial charge on any atom is -0.465 e. The number of amides is 1. The van der Waals surface area contributed by atoms with Gasteiger partial charge in [-0.25, -0.2) is 4.79 Å². The number of aryl methyl sites for hydroxylation is 2. The van der Waals surface area contributed by atoms with E-state index in [1.807, 2.05) is 26.0 Å². The monoisotopic (exact) mass is 497 g/mol. The predicted octanol–water partition coefficient (Wildman–Crippen LogP) is 4.67. The normalized spacial score (nSPS) is 15.8. The lowest BCUT2D eigenvalue weighted by Crippen LogP contribution is -2.29. The number of nitrogens with zero attached hydrogens (tertiary/aromatic N) is 1. The van der Waals surface area contributed by atoms with Crippen molar-refractivity contribution in [3.8, 4) is 11.5 Å². The maximum atomic E-state index is 13.8. The molecule has 8 nitrogen and oxygen atoms in total. The summed E-state index contributed by atoms with van der Waals surface area (Å²) in [5.74, 6) is 0.425. The van der Waals surface area contributed by atoms with E-state index in [1.165, 1.54) is 7.11 Å². The van der Waals surface area contributed by atoms with Crippen LogP contribution in [0.1, 0.15) is 54.8 Å². The number of rotatable bonds is 4. The Morgan fingerprint density at radius 1 is 0.973 bits per heavy atom. The number of fused-ring (bicyclic) bond motifs is 3. The van der Waals surface area contributed by atoms with E-state index in [0.29, 0.717) is 33.6 Å². The Balaban J connectivity index is 1.51. The van der Waals surface area contributed by atoms with E-state index >= 15 is 0 Å².